The zero-order valence-electron chi connectivity index (χ0n) is 6.76. The van der Waals surface area contributed by atoms with Crippen LogP contribution < -0.4 is 0 Å². The van der Waals surface area contributed by atoms with E-state index in [1.807, 2.05) is 0 Å². The molecule has 4 heteroatoms. The third-order valence-corrected chi connectivity index (χ3v) is 2.43. The maximum atomic E-state index is 12.7. The highest BCUT2D eigenvalue weighted by atomic mass is 35.5. The summed E-state index contributed by atoms with van der Waals surface area (Å²) in [7, 11) is 0. The minimum atomic E-state index is -1.02. The van der Waals surface area contributed by atoms with Crippen molar-refractivity contribution in [2.45, 2.75) is 5.60 Å². The minimum Gasteiger partial charge on any atom is -0.380 e. The Balaban J connectivity index is 2.40. The van der Waals surface area contributed by atoms with Crippen molar-refractivity contribution in [1.29, 1.82) is 0 Å². The van der Waals surface area contributed by atoms with Gasteiger partial charge in [0, 0.05) is 10.6 Å². The highest BCUT2D eigenvalue weighted by Crippen LogP contribution is 2.34. The van der Waals surface area contributed by atoms with E-state index < -0.39 is 11.4 Å². The Morgan fingerprint density at radius 1 is 1.46 bits per heavy atom. The third kappa shape index (κ3) is 1.43. The molecule has 1 aromatic rings. The molecule has 1 heterocycles. The Hall–Kier alpha value is -0.640. The van der Waals surface area contributed by atoms with Gasteiger partial charge < -0.3 is 9.84 Å². The van der Waals surface area contributed by atoms with Crippen LogP contribution in [-0.4, -0.2) is 18.3 Å². The van der Waals surface area contributed by atoms with Crippen LogP contribution in [-0.2, 0) is 10.3 Å². The van der Waals surface area contributed by atoms with Crippen molar-refractivity contribution in [2.24, 2.45) is 0 Å². The van der Waals surface area contributed by atoms with Crippen LogP contribution in [0.1, 0.15) is 5.56 Å². The molecule has 0 amide bonds. The standard InChI is InChI=1S/C9H8ClFO2/c10-8-3-6(11)1-2-7(8)9(12)4-13-5-9/h1-3,12H,4-5H2. The fraction of sp³-hybridized carbons (Fsp3) is 0.333. The van der Waals surface area contributed by atoms with Crippen molar-refractivity contribution in [3.63, 3.8) is 0 Å². The normalized spacial score (nSPS) is 19.6. The fourth-order valence-corrected chi connectivity index (χ4v) is 1.66. The first-order chi connectivity index (χ1) is 6.12. The number of hydrogen-bond donors (Lipinski definition) is 1. The summed E-state index contributed by atoms with van der Waals surface area (Å²) < 4.78 is 17.5. The van der Waals surface area contributed by atoms with Crippen molar-refractivity contribution in [3.8, 4) is 0 Å². The summed E-state index contributed by atoms with van der Waals surface area (Å²) in [5.41, 5.74) is -0.494. The molecule has 2 rings (SSSR count). The van der Waals surface area contributed by atoms with Crippen molar-refractivity contribution in [1.82, 2.24) is 0 Å². The molecule has 13 heavy (non-hydrogen) atoms. The molecule has 1 aliphatic rings. The summed E-state index contributed by atoms with van der Waals surface area (Å²) in [5, 5.41) is 10.1. The van der Waals surface area contributed by atoms with Gasteiger partial charge >= 0.3 is 0 Å². The molecule has 1 fully saturated rings. The second-order valence-corrected chi connectivity index (χ2v) is 3.56. The maximum absolute atomic E-state index is 12.7. The van der Waals surface area contributed by atoms with Gasteiger partial charge in [-0.25, -0.2) is 4.39 Å². The smallest absolute Gasteiger partial charge is 0.137 e. The van der Waals surface area contributed by atoms with E-state index in [2.05, 4.69) is 0 Å². The Labute approximate surface area is 79.9 Å². The lowest BCUT2D eigenvalue weighted by molar-refractivity contribution is -0.184. The van der Waals surface area contributed by atoms with Crippen molar-refractivity contribution in [3.05, 3.63) is 34.6 Å². The van der Waals surface area contributed by atoms with Crippen LogP contribution in [0.4, 0.5) is 4.39 Å². The highest BCUT2D eigenvalue weighted by Gasteiger charge is 2.39. The monoisotopic (exact) mass is 202 g/mol. The van der Waals surface area contributed by atoms with Gasteiger partial charge in [-0.05, 0) is 12.1 Å². The average Bonchev–Trinajstić information content (AvgIpc) is 2.00. The van der Waals surface area contributed by atoms with E-state index in [-0.39, 0.29) is 18.2 Å². The lowest BCUT2D eigenvalue weighted by Gasteiger charge is -2.37. The van der Waals surface area contributed by atoms with E-state index in [4.69, 9.17) is 16.3 Å². The fourth-order valence-electron chi connectivity index (χ4n) is 1.32. The van der Waals surface area contributed by atoms with E-state index >= 15 is 0 Å². The molecule has 70 valence electrons. The summed E-state index contributed by atoms with van der Waals surface area (Å²) in [6.07, 6.45) is 0. The zero-order valence-corrected chi connectivity index (χ0v) is 7.51. The molecule has 0 aromatic heterocycles. The predicted octanol–water partition coefficient (Wildman–Crippen LogP) is 1.70. The van der Waals surface area contributed by atoms with Gasteiger partial charge in [-0.15, -0.1) is 0 Å². The molecular formula is C9H8ClFO2. The van der Waals surface area contributed by atoms with Gasteiger partial charge in [-0.2, -0.15) is 0 Å². The predicted molar refractivity (Wildman–Crippen MR) is 46.1 cm³/mol. The van der Waals surface area contributed by atoms with Gasteiger partial charge in [0.05, 0.1) is 13.2 Å². The SMILES string of the molecule is OC1(c2ccc(F)cc2Cl)COC1. The Morgan fingerprint density at radius 2 is 2.15 bits per heavy atom. The molecule has 1 aliphatic heterocycles. The second kappa shape index (κ2) is 2.94. The summed E-state index contributed by atoms with van der Waals surface area (Å²) in [5.74, 6) is -0.405. The molecule has 0 saturated carbocycles. The summed E-state index contributed by atoms with van der Waals surface area (Å²) >= 11 is 5.77. The lowest BCUT2D eigenvalue weighted by atomic mass is 9.92. The Morgan fingerprint density at radius 3 is 2.62 bits per heavy atom. The Bertz CT molecular complexity index is 336. The molecule has 0 bridgehead atoms. The van der Waals surface area contributed by atoms with Crippen LogP contribution in [0, 0.1) is 5.82 Å². The zero-order chi connectivity index (χ0) is 9.47. The third-order valence-electron chi connectivity index (χ3n) is 2.11. The van der Waals surface area contributed by atoms with Gasteiger partial charge in [0.15, 0.2) is 0 Å². The van der Waals surface area contributed by atoms with Gasteiger partial charge in [0.25, 0.3) is 0 Å². The number of halogens is 2. The first-order valence-electron chi connectivity index (χ1n) is 3.87. The van der Waals surface area contributed by atoms with Crippen LogP contribution in [0.5, 0.6) is 0 Å². The number of hydrogen-bond acceptors (Lipinski definition) is 2. The van der Waals surface area contributed by atoms with Crippen LogP contribution in [0.15, 0.2) is 18.2 Å². The number of rotatable bonds is 1. The molecule has 1 aromatic carbocycles. The topological polar surface area (TPSA) is 29.5 Å². The van der Waals surface area contributed by atoms with Crippen LogP contribution in [0.25, 0.3) is 0 Å². The van der Waals surface area contributed by atoms with Crippen LogP contribution >= 0.6 is 11.6 Å². The summed E-state index contributed by atoms with van der Waals surface area (Å²) in [4.78, 5) is 0. The van der Waals surface area contributed by atoms with Crippen molar-refractivity contribution >= 4 is 11.6 Å². The second-order valence-electron chi connectivity index (χ2n) is 3.15. The van der Waals surface area contributed by atoms with Crippen LogP contribution in [0.2, 0.25) is 5.02 Å². The maximum Gasteiger partial charge on any atom is 0.137 e. The van der Waals surface area contributed by atoms with Crippen molar-refractivity contribution < 1.29 is 14.2 Å². The lowest BCUT2D eigenvalue weighted by Crippen LogP contribution is -2.46. The summed E-state index contributed by atoms with van der Waals surface area (Å²) in [6.45, 7) is 0.441. The molecule has 2 nitrogen and oxygen atoms in total. The van der Waals surface area contributed by atoms with Gasteiger partial charge in [-0.3, -0.25) is 0 Å². The van der Waals surface area contributed by atoms with Gasteiger partial charge in [-0.1, -0.05) is 17.7 Å². The van der Waals surface area contributed by atoms with Crippen LogP contribution in [0.3, 0.4) is 0 Å². The molecule has 1 saturated heterocycles. The molecule has 0 unspecified atom stereocenters. The number of benzene rings is 1. The largest absolute Gasteiger partial charge is 0.380 e. The molecule has 0 radical (unpaired) electrons. The molecular weight excluding hydrogens is 195 g/mol. The Kier molecular flexibility index (Phi) is 2.02. The molecule has 1 N–H and O–H groups in total. The van der Waals surface area contributed by atoms with E-state index in [0.29, 0.717) is 5.56 Å². The molecule has 0 spiro atoms. The molecule has 0 aliphatic carbocycles. The minimum absolute atomic E-state index is 0.221. The van der Waals surface area contributed by atoms with E-state index in [1.54, 1.807) is 0 Å². The number of aliphatic hydroxyl groups is 1. The van der Waals surface area contributed by atoms with Gasteiger partial charge in [0.1, 0.15) is 11.4 Å². The first kappa shape index (κ1) is 8.94. The van der Waals surface area contributed by atoms with E-state index in [9.17, 15) is 9.50 Å². The average molecular weight is 203 g/mol. The van der Waals surface area contributed by atoms with E-state index in [0.717, 1.165) is 0 Å². The van der Waals surface area contributed by atoms with E-state index in [1.165, 1.54) is 18.2 Å². The van der Waals surface area contributed by atoms with Crippen molar-refractivity contribution in [2.75, 3.05) is 13.2 Å². The number of ether oxygens (including phenoxy) is 1. The summed E-state index contributed by atoms with van der Waals surface area (Å²) in [6, 6.07) is 3.95. The molecule has 0 atom stereocenters. The quantitative estimate of drug-likeness (QED) is 0.751. The highest BCUT2D eigenvalue weighted by molar-refractivity contribution is 6.31. The van der Waals surface area contributed by atoms with Gasteiger partial charge in [0.2, 0.25) is 0 Å². The first-order valence-corrected chi connectivity index (χ1v) is 4.25.